The monoisotopic (exact) mass is 706 g/mol. The van der Waals surface area contributed by atoms with E-state index in [1.54, 1.807) is 25.3 Å². The Labute approximate surface area is 279 Å². The molecule has 0 aliphatic heterocycles. The van der Waals surface area contributed by atoms with Gasteiger partial charge in [-0.05, 0) is 75.6 Å². The largest absolute Gasteiger partial charge is 0.598 e. The van der Waals surface area contributed by atoms with Crippen LogP contribution in [0.15, 0.2) is 18.2 Å². The number of ether oxygens (including phenoxy) is 1. The van der Waals surface area contributed by atoms with E-state index in [0.717, 1.165) is 38.3 Å². The molecule has 2 aliphatic carbocycles. The van der Waals surface area contributed by atoms with Crippen LogP contribution >= 0.6 is 0 Å². The van der Waals surface area contributed by atoms with Crippen molar-refractivity contribution in [1.82, 2.24) is 19.6 Å². The summed E-state index contributed by atoms with van der Waals surface area (Å²) in [7, 11) is -1.42. The van der Waals surface area contributed by atoms with Crippen LogP contribution in [-0.4, -0.2) is 51.5 Å². The quantitative estimate of drug-likeness (QED) is 0.0840. The zero-order valence-corrected chi connectivity index (χ0v) is 30.6. The molecule has 266 valence electrons. The van der Waals surface area contributed by atoms with Crippen LogP contribution < -0.4 is 10.0 Å². The number of benzene rings is 1. The van der Waals surface area contributed by atoms with E-state index in [9.17, 15) is 31.3 Å². The molecule has 47 heavy (non-hydrogen) atoms. The van der Waals surface area contributed by atoms with Crippen molar-refractivity contribution in [1.29, 1.82) is 0 Å². The van der Waals surface area contributed by atoms with E-state index in [-0.39, 0.29) is 55.6 Å². The molecule has 0 spiro atoms. The van der Waals surface area contributed by atoms with Gasteiger partial charge in [0, 0.05) is 45.3 Å². The smallest absolute Gasteiger partial charge is 0.394 e. The second kappa shape index (κ2) is 13.9. The van der Waals surface area contributed by atoms with Gasteiger partial charge < -0.3 is 19.2 Å². The standard InChI is InChI=1S/C33H51F5N4O3SSi/c1-30(2,3)46(44)41-25(19-31(4,5)33(36,37)38)29-39-24-16-23(11-12-26(24)42(29)20-45-13-14-47(6,7)8)28(22-9-10-22)40-27(43)15-21-17-32(34,35)18-21/h11-12,16,21-22,25,28,41H,9-10,13-15,17-20H2,1-8H3,(H,40,43)/t25-,28+,46?/m0/s1. The Hall–Kier alpha value is -1.74. The lowest BCUT2D eigenvalue weighted by Crippen LogP contribution is -2.45. The Kier molecular flexibility index (Phi) is 11.2. The van der Waals surface area contributed by atoms with Crippen LogP contribution in [0.4, 0.5) is 22.0 Å². The average Bonchev–Trinajstić information content (AvgIpc) is 3.67. The van der Waals surface area contributed by atoms with Gasteiger partial charge in [-0.3, -0.25) is 4.79 Å². The number of carbonyl (C=O) groups is 1. The Bertz CT molecular complexity index is 1390. The zero-order valence-electron chi connectivity index (χ0n) is 28.8. The number of aromatic nitrogens is 2. The first-order chi connectivity index (χ1) is 21.5. The molecule has 1 unspecified atom stereocenters. The first-order valence-corrected chi connectivity index (χ1v) is 21.3. The second-order valence-electron chi connectivity index (χ2n) is 16.3. The number of rotatable bonds is 15. The maximum absolute atomic E-state index is 14.2. The molecule has 2 N–H and O–H groups in total. The summed E-state index contributed by atoms with van der Waals surface area (Å²) < 4.78 is 92.7. The van der Waals surface area contributed by atoms with Crippen molar-refractivity contribution in [2.45, 2.75) is 134 Å². The minimum Gasteiger partial charge on any atom is -0.598 e. The van der Waals surface area contributed by atoms with Crippen LogP contribution in [0, 0.1) is 17.3 Å². The first kappa shape index (κ1) is 38.1. The third-order valence-corrected chi connectivity index (χ3v) is 12.4. The minimum atomic E-state index is -4.51. The lowest BCUT2D eigenvalue weighted by Gasteiger charge is -2.34. The van der Waals surface area contributed by atoms with Crippen LogP contribution in [0.3, 0.4) is 0 Å². The Morgan fingerprint density at radius 2 is 1.79 bits per heavy atom. The first-order valence-electron chi connectivity index (χ1n) is 16.5. The normalized spacial score (nSPS) is 19.8. The highest BCUT2D eigenvalue weighted by Gasteiger charge is 2.50. The number of alkyl halides is 5. The van der Waals surface area contributed by atoms with E-state index < -0.39 is 54.2 Å². The van der Waals surface area contributed by atoms with Gasteiger partial charge in [-0.25, -0.2) is 13.8 Å². The number of nitrogens with one attached hydrogen (secondary N) is 2. The summed E-state index contributed by atoms with van der Waals surface area (Å²) in [6.07, 6.45) is -3.62. The van der Waals surface area contributed by atoms with E-state index in [0.29, 0.717) is 17.6 Å². The minimum absolute atomic E-state index is 0.0435. The molecule has 0 saturated heterocycles. The maximum Gasteiger partial charge on any atom is 0.394 e. The molecule has 2 aromatic rings. The summed E-state index contributed by atoms with van der Waals surface area (Å²) in [5.41, 5.74) is -0.164. The number of hydrogen-bond donors (Lipinski definition) is 2. The molecule has 7 nitrogen and oxygen atoms in total. The predicted molar refractivity (Wildman–Crippen MR) is 178 cm³/mol. The van der Waals surface area contributed by atoms with Crippen molar-refractivity contribution in [3.63, 3.8) is 0 Å². The van der Waals surface area contributed by atoms with Gasteiger partial charge in [-0.15, -0.1) is 4.72 Å². The van der Waals surface area contributed by atoms with Crippen molar-refractivity contribution in [2.75, 3.05) is 6.61 Å². The van der Waals surface area contributed by atoms with E-state index in [4.69, 9.17) is 9.72 Å². The summed E-state index contributed by atoms with van der Waals surface area (Å²) in [6.45, 7) is 14.7. The van der Waals surface area contributed by atoms with Crippen molar-refractivity contribution in [3.8, 4) is 0 Å². The van der Waals surface area contributed by atoms with Crippen LogP contribution in [0.5, 0.6) is 0 Å². The number of amides is 1. The molecule has 1 heterocycles. The summed E-state index contributed by atoms with van der Waals surface area (Å²) in [6, 6.07) is 5.09. The van der Waals surface area contributed by atoms with E-state index >= 15 is 0 Å². The molecular weight excluding hydrogens is 656 g/mol. The van der Waals surface area contributed by atoms with Gasteiger partial charge in [0.25, 0.3) is 0 Å². The number of carbonyl (C=O) groups excluding carboxylic acids is 1. The molecule has 2 fully saturated rings. The van der Waals surface area contributed by atoms with Gasteiger partial charge in [-0.1, -0.05) is 39.6 Å². The Balaban J connectivity index is 1.70. The van der Waals surface area contributed by atoms with Gasteiger partial charge in [0.15, 0.2) is 0 Å². The van der Waals surface area contributed by atoms with Crippen LogP contribution in [0.25, 0.3) is 11.0 Å². The van der Waals surface area contributed by atoms with E-state index in [2.05, 4.69) is 29.7 Å². The van der Waals surface area contributed by atoms with Gasteiger partial charge in [0.1, 0.15) is 23.3 Å². The maximum atomic E-state index is 14.2. The highest BCUT2D eigenvalue weighted by Crippen LogP contribution is 2.46. The van der Waals surface area contributed by atoms with Crippen LogP contribution in [-0.2, 0) is 27.6 Å². The van der Waals surface area contributed by atoms with Gasteiger partial charge in [0.2, 0.25) is 11.8 Å². The number of fused-ring (bicyclic) bond motifs is 1. The van der Waals surface area contributed by atoms with Crippen molar-refractivity contribution in [2.24, 2.45) is 17.3 Å². The van der Waals surface area contributed by atoms with Crippen molar-refractivity contribution in [3.05, 3.63) is 29.6 Å². The zero-order chi connectivity index (χ0) is 35.2. The topological polar surface area (TPSA) is 91.2 Å². The molecule has 1 amide bonds. The molecule has 0 bridgehead atoms. The highest BCUT2D eigenvalue weighted by atomic mass is 32.2. The van der Waals surface area contributed by atoms with Crippen molar-refractivity contribution >= 4 is 36.4 Å². The molecule has 1 aromatic carbocycles. The average molecular weight is 707 g/mol. The van der Waals surface area contributed by atoms with E-state index in [1.807, 2.05) is 18.2 Å². The van der Waals surface area contributed by atoms with Crippen LogP contribution in [0.1, 0.15) is 96.6 Å². The summed E-state index contributed by atoms with van der Waals surface area (Å²) in [4.78, 5) is 17.7. The second-order valence-corrected chi connectivity index (χ2v) is 24.0. The highest BCUT2D eigenvalue weighted by molar-refractivity contribution is 7.90. The fourth-order valence-corrected chi connectivity index (χ4v) is 7.30. The summed E-state index contributed by atoms with van der Waals surface area (Å²) in [5.74, 6) is -2.81. The van der Waals surface area contributed by atoms with Crippen molar-refractivity contribution < 1.29 is 36.0 Å². The molecule has 2 saturated carbocycles. The molecule has 3 atom stereocenters. The Morgan fingerprint density at radius 3 is 2.32 bits per heavy atom. The van der Waals surface area contributed by atoms with Gasteiger partial charge >= 0.3 is 6.18 Å². The van der Waals surface area contributed by atoms with Crippen LogP contribution in [0.2, 0.25) is 25.7 Å². The number of halogens is 5. The molecule has 0 radical (unpaired) electrons. The lowest BCUT2D eigenvalue weighted by atomic mass is 9.79. The number of hydrogen-bond acceptors (Lipinski definition) is 5. The summed E-state index contributed by atoms with van der Waals surface area (Å²) >= 11 is -1.70. The molecular formula is C33H51F5N4O3SSi. The number of nitrogens with zero attached hydrogens (tertiary/aromatic N) is 2. The fourth-order valence-electron chi connectivity index (χ4n) is 5.74. The van der Waals surface area contributed by atoms with Gasteiger partial charge in [-0.2, -0.15) is 13.2 Å². The summed E-state index contributed by atoms with van der Waals surface area (Å²) in [5, 5.41) is 3.06. The third-order valence-electron chi connectivity index (χ3n) is 9.04. The van der Waals surface area contributed by atoms with E-state index in [1.165, 1.54) is 0 Å². The number of imidazole rings is 1. The molecule has 14 heteroatoms. The predicted octanol–water partition coefficient (Wildman–Crippen LogP) is 8.42. The molecule has 2 aliphatic rings. The molecule has 1 aromatic heterocycles. The van der Waals surface area contributed by atoms with Gasteiger partial charge in [0.05, 0.1) is 22.5 Å². The molecule has 4 rings (SSSR count). The fraction of sp³-hybridized carbons (Fsp3) is 0.758. The lowest BCUT2D eigenvalue weighted by molar-refractivity contribution is -0.215. The third kappa shape index (κ3) is 10.1. The Morgan fingerprint density at radius 1 is 1.15 bits per heavy atom. The SMILES string of the molecule is CC(C)(C)[S+]([O-])N[C@@H](CC(C)(C)C(F)(F)F)c1nc2cc([C@H](NC(=O)CC3CC(F)(F)C3)C3CC3)ccc2n1COCC[Si](C)(C)C.